The first-order valence-electron chi connectivity index (χ1n) is 26.3. The molecule has 3 fully saturated rings. The number of aromatic nitrogens is 2. The third-order valence-electron chi connectivity index (χ3n) is 15.8. The van der Waals surface area contributed by atoms with Gasteiger partial charge in [0.15, 0.2) is 0 Å². The summed E-state index contributed by atoms with van der Waals surface area (Å²) in [5.74, 6) is 3.79. The Kier molecular flexibility index (Phi) is 16.2. The Bertz CT molecular complexity index is 2820. The number of fused-ring (bicyclic) bond motifs is 6. The van der Waals surface area contributed by atoms with Gasteiger partial charge in [0.25, 0.3) is 11.8 Å². The Hall–Kier alpha value is -5.96. The van der Waals surface area contributed by atoms with Crippen molar-refractivity contribution in [2.75, 3.05) is 81.2 Å². The fraction of sp³-hybridized carbons (Fsp3) is 0.552. The van der Waals surface area contributed by atoms with Crippen LogP contribution in [0.4, 0.5) is 0 Å². The Morgan fingerprint density at radius 2 is 1.78 bits per heavy atom. The first-order valence-corrected chi connectivity index (χ1v) is 26.3. The van der Waals surface area contributed by atoms with Crippen molar-refractivity contribution in [3.8, 4) is 34.2 Å². The monoisotopic (exact) mass is 1010 g/mol. The molecule has 74 heavy (non-hydrogen) atoms. The molecular weight excluding hydrogens is 935 g/mol. The second-order valence-corrected chi connectivity index (χ2v) is 22.6. The van der Waals surface area contributed by atoms with Crippen LogP contribution in [0.3, 0.4) is 0 Å². The quantitative estimate of drug-likeness (QED) is 0.147. The van der Waals surface area contributed by atoms with Crippen molar-refractivity contribution in [2.24, 2.45) is 17.3 Å². The van der Waals surface area contributed by atoms with Gasteiger partial charge in [0, 0.05) is 82.5 Å². The zero-order valence-electron chi connectivity index (χ0n) is 45.4. The highest BCUT2D eigenvalue weighted by Crippen LogP contribution is 2.42. The number of carbonyl (C=O) groups excluding carboxylic acids is 5. The lowest BCUT2D eigenvalue weighted by atomic mass is 9.84. The molecule has 2 aromatic carbocycles. The Balaban J connectivity index is 1.12. The average Bonchev–Trinajstić information content (AvgIpc) is 3.99. The summed E-state index contributed by atoms with van der Waals surface area (Å²) in [4.78, 5) is 82.8. The van der Waals surface area contributed by atoms with E-state index in [0.29, 0.717) is 51.9 Å². The van der Waals surface area contributed by atoms with Crippen molar-refractivity contribution in [3.63, 3.8) is 0 Å². The third-order valence-corrected chi connectivity index (χ3v) is 15.8. The molecule has 16 nitrogen and oxygen atoms in total. The maximum absolute atomic E-state index is 15.0. The number of ether oxygens (including phenoxy) is 2. The molecule has 2 aromatic heterocycles. The molecule has 4 aliphatic heterocycles. The maximum Gasteiger partial charge on any atom is 0.298 e. The van der Waals surface area contributed by atoms with Crippen LogP contribution < -0.4 is 10.7 Å². The van der Waals surface area contributed by atoms with Crippen molar-refractivity contribution < 1.29 is 33.4 Å². The number of methoxy groups -OCH3 is 1. The van der Waals surface area contributed by atoms with Gasteiger partial charge in [0.1, 0.15) is 29.4 Å². The maximum atomic E-state index is 15.0. The standard InChI is InChI=1S/C58H77N9O7/c1-12-66-48-20-19-42-30-45(48)46(52(66)44-18-14-25-59-50(44)39(4)73-11)31-56(5,6)36-74-37-57(35-68)23-15-26-67(61-57)55(72)47(29-40-16-13-17-41(42)28-40)60-53(70)51(38(2)3)64(10)54(71)43-22-27-65(32-43)49(69)21-24-58(62(7)8)33-63(9)34-58/h13-14,16-20,25,28,30,35,38-39,43,47,51,61H,12,15,22-23,26-27,29,31-34,36-37H2,1-11H3,(H,60,70)/t39-,43-,47-,51-,57-/m0/s1. The van der Waals surface area contributed by atoms with Gasteiger partial charge in [-0.1, -0.05) is 63.9 Å². The van der Waals surface area contributed by atoms with Crippen LogP contribution in [0.25, 0.3) is 33.3 Å². The van der Waals surface area contributed by atoms with E-state index in [-0.39, 0.29) is 48.9 Å². The third kappa shape index (κ3) is 11.0. The predicted molar refractivity (Wildman–Crippen MR) is 286 cm³/mol. The van der Waals surface area contributed by atoms with Crippen molar-refractivity contribution in [1.82, 2.24) is 44.9 Å². The van der Waals surface area contributed by atoms with Gasteiger partial charge in [-0.05, 0) is 124 Å². The highest BCUT2D eigenvalue weighted by molar-refractivity contribution is 5.97. The lowest BCUT2D eigenvalue weighted by molar-refractivity contribution is -0.148. The van der Waals surface area contributed by atoms with E-state index in [4.69, 9.17) is 14.5 Å². The largest absolute Gasteiger partial charge is 0.378 e. The number of likely N-dealkylation sites (N-methyl/N-ethyl adjacent to an activating group) is 3. The summed E-state index contributed by atoms with van der Waals surface area (Å²) in [6, 6.07) is 16.7. The fourth-order valence-corrected chi connectivity index (χ4v) is 11.7. The van der Waals surface area contributed by atoms with E-state index in [2.05, 4.69) is 89.2 Å². The van der Waals surface area contributed by atoms with Crippen LogP contribution in [0.2, 0.25) is 0 Å². The van der Waals surface area contributed by atoms with E-state index < -0.39 is 40.8 Å². The van der Waals surface area contributed by atoms with E-state index in [1.54, 1.807) is 19.1 Å². The topological polar surface area (TPSA) is 162 Å². The smallest absolute Gasteiger partial charge is 0.298 e. The van der Waals surface area contributed by atoms with Gasteiger partial charge < -0.3 is 38.9 Å². The molecule has 0 spiro atoms. The highest BCUT2D eigenvalue weighted by Gasteiger charge is 2.44. The van der Waals surface area contributed by atoms with Crippen molar-refractivity contribution in [2.45, 2.75) is 109 Å². The number of hydrazine groups is 1. The number of likely N-dealkylation sites (tertiary alicyclic amines) is 2. The number of hydrogen-bond acceptors (Lipinski definition) is 11. The molecule has 0 unspecified atom stereocenters. The average molecular weight is 1010 g/mol. The first-order chi connectivity index (χ1) is 35.2. The van der Waals surface area contributed by atoms with E-state index >= 15 is 0 Å². The molecule has 0 saturated carbocycles. The first kappa shape index (κ1) is 54.3. The number of pyridine rings is 1. The minimum absolute atomic E-state index is 0.0299. The van der Waals surface area contributed by atoms with Gasteiger partial charge >= 0.3 is 0 Å². The molecule has 5 atom stereocenters. The lowest BCUT2D eigenvalue weighted by Crippen LogP contribution is -2.66. The van der Waals surface area contributed by atoms with E-state index in [1.165, 1.54) is 9.91 Å². The van der Waals surface area contributed by atoms with Gasteiger partial charge in [-0.25, -0.2) is 5.43 Å². The number of rotatable bonds is 11. The van der Waals surface area contributed by atoms with E-state index in [9.17, 15) is 24.0 Å². The van der Waals surface area contributed by atoms with Gasteiger partial charge in [-0.2, -0.15) is 0 Å². The van der Waals surface area contributed by atoms with Crippen LogP contribution in [-0.4, -0.2) is 168 Å². The SMILES string of the molecule is CCn1c(-c2cccnc2[C@H](C)OC)c2c3cc(ccc31)-c1cccc(c1)C[C@H](NC(=O)[C@H](C(C)C)N(C)C(=O)[C@H]1CCN(C(=O)C#CC3(N(C)C)CN(C)C3)C1)C(=O)N1CCC[C@](C=O)(COCC(C)(C)C2)N1. The molecule has 0 aliphatic carbocycles. The number of amides is 4. The highest BCUT2D eigenvalue weighted by atomic mass is 16.5. The number of hydrogen-bond donors (Lipinski definition) is 2. The van der Waals surface area contributed by atoms with Crippen molar-refractivity contribution >= 4 is 40.8 Å². The summed E-state index contributed by atoms with van der Waals surface area (Å²) in [5, 5.41) is 5.68. The normalized spacial score (nSPS) is 22.9. The molecule has 3 saturated heterocycles. The fourth-order valence-electron chi connectivity index (χ4n) is 11.7. The molecule has 16 heteroatoms. The van der Waals surface area contributed by atoms with Crippen LogP contribution in [-0.2, 0) is 52.8 Å². The molecule has 6 heterocycles. The molecule has 6 bridgehead atoms. The molecule has 2 N–H and O–H groups in total. The van der Waals surface area contributed by atoms with E-state index in [0.717, 1.165) is 69.5 Å². The van der Waals surface area contributed by atoms with Gasteiger partial charge in [-0.3, -0.25) is 34.1 Å². The van der Waals surface area contributed by atoms with Crippen LogP contribution in [0, 0.1) is 29.1 Å². The number of nitrogens with zero attached hydrogens (tertiary/aromatic N) is 7. The van der Waals surface area contributed by atoms with Crippen molar-refractivity contribution in [3.05, 3.63) is 77.6 Å². The van der Waals surface area contributed by atoms with Gasteiger partial charge in [-0.15, -0.1) is 0 Å². The summed E-state index contributed by atoms with van der Waals surface area (Å²) in [6.45, 7) is 15.7. The molecule has 0 radical (unpaired) electrons. The minimum Gasteiger partial charge on any atom is -0.378 e. The second kappa shape index (κ2) is 22.1. The number of benzene rings is 2. The Morgan fingerprint density at radius 3 is 2.47 bits per heavy atom. The lowest BCUT2D eigenvalue weighted by Gasteiger charge is -2.49. The summed E-state index contributed by atoms with van der Waals surface area (Å²) in [5.41, 5.74) is 9.23. The number of nitrogens with one attached hydrogen (secondary N) is 2. The molecular formula is C58H77N9O7. The molecule has 396 valence electrons. The van der Waals surface area contributed by atoms with Crippen LogP contribution in [0.1, 0.15) is 83.7 Å². The summed E-state index contributed by atoms with van der Waals surface area (Å²) in [7, 11) is 9.27. The van der Waals surface area contributed by atoms with E-state index in [1.807, 2.05) is 71.2 Å². The van der Waals surface area contributed by atoms with Gasteiger partial charge in [0.2, 0.25) is 11.8 Å². The van der Waals surface area contributed by atoms with Crippen LogP contribution in [0.15, 0.2) is 60.8 Å². The summed E-state index contributed by atoms with van der Waals surface area (Å²) in [6.07, 6.45) is 4.62. The predicted octanol–water partition coefficient (Wildman–Crippen LogP) is 5.37. The number of aldehydes is 1. The number of carbonyl (C=O) groups is 5. The second-order valence-electron chi connectivity index (χ2n) is 22.6. The number of aryl methyl sites for hydroxylation is 1. The molecule has 4 aliphatic rings. The molecule has 4 aromatic rings. The Labute approximate surface area is 437 Å². The zero-order chi connectivity index (χ0) is 53.3. The molecule has 4 amide bonds. The zero-order valence-corrected chi connectivity index (χ0v) is 45.4. The van der Waals surface area contributed by atoms with Crippen LogP contribution in [0.5, 0.6) is 0 Å². The summed E-state index contributed by atoms with van der Waals surface area (Å²) < 4.78 is 14.8. The van der Waals surface area contributed by atoms with Gasteiger partial charge in [0.05, 0.1) is 36.6 Å². The van der Waals surface area contributed by atoms with Crippen molar-refractivity contribution in [1.29, 1.82) is 0 Å². The minimum atomic E-state index is -1.19. The summed E-state index contributed by atoms with van der Waals surface area (Å²) >= 11 is 0. The van der Waals surface area contributed by atoms with Crippen LogP contribution >= 0.6 is 0 Å². The Morgan fingerprint density at radius 1 is 1.03 bits per heavy atom. The molecule has 8 rings (SSSR count).